The van der Waals surface area contributed by atoms with E-state index in [-0.39, 0.29) is 6.10 Å². The van der Waals surface area contributed by atoms with Crippen LogP contribution in [-0.4, -0.2) is 11.7 Å². The molecule has 0 aliphatic heterocycles. The van der Waals surface area contributed by atoms with Crippen LogP contribution < -0.4 is 4.74 Å². The van der Waals surface area contributed by atoms with Crippen LogP contribution in [0.1, 0.15) is 89.7 Å². The summed E-state index contributed by atoms with van der Waals surface area (Å²) in [6.07, 6.45) is 12.4. The predicted molar refractivity (Wildman–Crippen MR) is 94.4 cm³/mol. The van der Waals surface area contributed by atoms with Crippen LogP contribution >= 0.6 is 0 Å². The van der Waals surface area contributed by atoms with Gasteiger partial charge in [0.15, 0.2) is 0 Å². The summed E-state index contributed by atoms with van der Waals surface area (Å²) in [4.78, 5) is 0. The molecule has 0 bridgehead atoms. The third-order valence-electron chi connectivity index (χ3n) is 4.17. The Morgan fingerprint density at radius 1 is 0.818 bits per heavy atom. The van der Waals surface area contributed by atoms with Crippen molar-refractivity contribution in [3.63, 3.8) is 0 Å². The van der Waals surface area contributed by atoms with Crippen molar-refractivity contribution in [2.75, 3.05) is 6.61 Å². The van der Waals surface area contributed by atoms with Gasteiger partial charge in [0.05, 0.1) is 12.7 Å². The quantitative estimate of drug-likeness (QED) is 0.450. The lowest BCUT2D eigenvalue weighted by Gasteiger charge is -2.10. The lowest BCUT2D eigenvalue weighted by molar-refractivity contribution is 0.173. The minimum absolute atomic E-state index is 0.355. The normalized spacial score (nSPS) is 12.3. The summed E-state index contributed by atoms with van der Waals surface area (Å²) in [6.45, 7) is 5.05. The van der Waals surface area contributed by atoms with E-state index in [4.69, 9.17) is 4.74 Å². The van der Waals surface area contributed by atoms with Gasteiger partial charge in [0.1, 0.15) is 5.75 Å². The molecule has 2 heteroatoms. The lowest BCUT2D eigenvalue weighted by Crippen LogP contribution is -1.99. The van der Waals surface area contributed by atoms with Gasteiger partial charge in [-0.05, 0) is 30.5 Å². The zero-order chi connectivity index (χ0) is 16.0. The first-order chi connectivity index (χ1) is 10.8. The third kappa shape index (κ3) is 8.43. The predicted octanol–water partition coefficient (Wildman–Crippen LogP) is 6.04. The molecule has 126 valence electrons. The van der Waals surface area contributed by atoms with Gasteiger partial charge in [0.25, 0.3) is 0 Å². The van der Waals surface area contributed by atoms with E-state index in [2.05, 4.69) is 6.92 Å². The van der Waals surface area contributed by atoms with E-state index in [0.717, 1.165) is 30.8 Å². The van der Waals surface area contributed by atoms with Gasteiger partial charge in [0, 0.05) is 0 Å². The van der Waals surface area contributed by atoms with E-state index in [0.29, 0.717) is 0 Å². The molecule has 1 unspecified atom stereocenters. The Bertz CT molecular complexity index is 358. The molecule has 0 amide bonds. The van der Waals surface area contributed by atoms with E-state index in [1.54, 1.807) is 0 Å². The SMILES string of the molecule is CCCCCCCCCCCOc1ccc(C(O)CC)cc1. The first-order valence-electron chi connectivity index (χ1n) is 9.18. The van der Waals surface area contributed by atoms with Gasteiger partial charge in [0.2, 0.25) is 0 Å². The van der Waals surface area contributed by atoms with Crippen LogP contribution in [0.15, 0.2) is 24.3 Å². The fourth-order valence-electron chi connectivity index (χ4n) is 2.62. The van der Waals surface area contributed by atoms with Crippen LogP contribution in [-0.2, 0) is 0 Å². The fraction of sp³-hybridized carbons (Fsp3) is 0.700. The van der Waals surface area contributed by atoms with Crippen LogP contribution in [0.2, 0.25) is 0 Å². The molecule has 0 radical (unpaired) electrons. The number of ether oxygens (including phenoxy) is 1. The number of rotatable bonds is 13. The smallest absolute Gasteiger partial charge is 0.119 e. The lowest BCUT2D eigenvalue weighted by atomic mass is 10.1. The van der Waals surface area contributed by atoms with Crippen molar-refractivity contribution in [2.24, 2.45) is 0 Å². The zero-order valence-electron chi connectivity index (χ0n) is 14.5. The minimum atomic E-state index is -0.355. The molecule has 0 aliphatic rings. The molecule has 1 aromatic carbocycles. The highest BCUT2D eigenvalue weighted by Gasteiger charge is 2.04. The molecule has 1 atom stereocenters. The van der Waals surface area contributed by atoms with Crippen molar-refractivity contribution in [3.05, 3.63) is 29.8 Å². The molecule has 0 aliphatic carbocycles. The van der Waals surface area contributed by atoms with Gasteiger partial charge >= 0.3 is 0 Å². The molecule has 2 nitrogen and oxygen atoms in total. The number of hydrogen-bond donors (Lipinski definition) is 1. The molecule has 0 spiro atoms. The maximum atomic E-state index is 9.74. The standard InChI is InChI=1S/C20H34O2/c1-3-5-6-7-8-9-10-11-12-17-22-19-15-13-18(14-16-19)20(21)4-2/h13-16,20-21H,3-12,17H2,1-2H3. The maximum Gasteiger partial charge on any atom is 0.119 e. The van der Waals surface area contributed by atoms with Crippen LogP contribution in [0, 0.1) is 0 Å². The molecular formula is C20H34O2. The van der Waals surface area contributed by atoms with Gasteiger partial charge in [-0.2, -0.15) is 0 Å². The second-order valence-corrected chi connectivity index (χ2v) is 6.17. The van der Waals surface area contributed by atoms with Crippen LogP contribution in [0.4, 0.5) is 0 Å². The highest BCUT2D eigenvalue weighted by molar-refractivity contribution is 5.28. The second kappa shape index (κ2) is 12.5. The molecule has 1 rings (SSSR count). The maximum absolute atomic E-state index is 9.74. The molecule has 0 heterocycles. The molecule has 0 saturated carbocycles. The van der Waals surface area contributed by atoms with Crippen molar-refractivity contribution in [2.45, 2.75) is 84.2 Å². The summed E-state index contributed by atoms with van der Waals surface area (Å²) in [6, 6.07) is 7.84. The van der Waals surface area contributed by atoms with Crippen molar-refractivity contribution in [1.29, 1.82) is 0 Å². The zero-order valence-corrected chi connectivity index (χ0v) is 14.5. The van der Waals surface area contributed by atoms with Gasteiger partial charge in [-0.3, -0.25) is 0 Å². The van der Waals surface area contributed by atoms with E-state index in [1.807, 2.05) is 31.2 Å². The minimum Gasteiger partial charge on any atom is -0.494 e. The van der Waals surface area contributed by atoms with E-state index in [9.17, 15) is 5.11 Å². The first-order valence-corrected chi connectivity index (χ1v) is 9.18. The number of aliphatic hydroxyl groups excluding tert-OH is 1. The topological polar surface area (TPSA) is 29.5 Å². The monoisotopic (exact) mass is 306 g/mol. The van der Waals surface area contributed by atoms with Gasteiger partial charge < -0.3 is 9.84 Å². The van der Waals surface area contributed by atoms with E-state index in [1.165, 1.54) is 51.4 Å². The van der Waals surface area contributed by atoms with Crippen molar-refractivity contribution >= 4 is 0 Å². The van der Waals surface area contributed by atoms with Crippen LogP contribution in [0.3, 0.4) is 0 Å². The number of benzene rings is 1. The molecule has 0 saturated heterocycles. The summed E-state index contributed by atoms with van der Waals surface area (Å²) in [5, 5.41) is 9.74. The molecule has 22 heavy (non-hydrogen) atoms. The van der Waals surface area contributed by atoms with Crippen molar-refractivity contribution in [3.8, 4) is 5.75 Å². The van der Waals surface area contributed by atoms with Crippen molar-refractivity contribution < 1.29 is 9.84 Å². The third-order valence-corrected chi connectivity index (χ3v) is 4.17. The van der Waals surface area contributed by atoms with Gasteiger partial charge in [-0.1, -0.05) is 77.3 Å². The summed E-state index contributed by atoms with van der Waals surface area (Å²) in [5.74, 6) is 0.909. The molecule has 1 aromatic rings. The molecule has 1 N–H and O–H groups in total. The summed E-state index contributed by atoms with van der Waals surface area (Å²) in [5.41, 5.74) is 0.970. The van der Waals surface area contributed by atoms with Crippen LogP contribution in [0.5, 0.6) is 5.75 Å². The summed E-state index contributed by atoms with van der Waals surface area (Å²) >= 11 is 0. The summed E-state index contributed by atoms with van der Waals surface area (Å²) in [7, 11) is 0. The Morgan fingerprint density at radius 2 is 1.36 bits per heavy atom. The average molecular weight is 306 g/mol. The number of hydrogen-bond acceptors (Lipinski definition) is 2. The van der Waals surface area contributed by atoms with Crippen LogP contribution in [0.25, 0.3) is 0 Å². The Morgan fingerprint density at radius 3 is 1.91 bits per heavy atom. The van der Waals surface area contributed by atoms with Gasteiger partial charge in [-0.25, -0.2) is 0 Å². The Hall–Kier alpha value is -1.02. The summed E-state index contributed by atoms with van der Waals surface area (Å²) < 4.78 is 5.75. The average Bonchev–Trinajstić information content (AvgIpc) is 2.56. The molecule has 0 fully saturated rings. The highest BCUT2D eigenvalue weighted by Crippen LogP contribution is 2.20. The van der Waals surface area contributed by atoms with E-state index < -0.39 is 0 Å². The molecule has 0 aromatic heterocycles. The van der Waals surface area contributed by atoms with Gasteiger partial charge in [-0.15, -0.1) is 0 Å². The second-order valence-electron chi connectivity index (χ2n) is 6.17. The Kier molecular flexibility index (Phi) is 10.8. The van der Waals surface area contributed by atoms with Crippen molar-refractivity contribution in [1.82, 2.24) is 0 Å². The molecular weight excluding hydrogens is 272 g/mol. The van der Waals surface area contributed by atoms with E-state index >= 15 is 0 Å². The first kappa shape index (κ1) is 19.0. The fourth-order valence-corrected chi connectivity index (χ4v) is 2.62. The Labute approximate surface area is 136 Å². The highest BCUT2D eigenvalue weighted by atomic mass is 16.5. The number of aliphatic hydroxyl groups is 1. The Balaban J connectivity index is 2.00. The number of unbranched alkanes of at least 4 members (excludes halogenated alkanes) is 8. The largest absolute Gasteiger partial charge is 0.494 e.